The summed E-state index contributed by atoms with van der Waals surface area (Å²) in [6, 6.07) is -0.896. The van der Waals surface area contributed by atoms with E-state index in [0.717, 1.165) is 0 Å². The number of aliphatic hydroxyl groups is 2. The van der Waals surface area contributed by atoms with Crippen LogP contribution in [-0.2, 0) is 14.3 Å². The first-order valence-electron chi connectivity index (χ1n) is 8.24. The molecule has 10 nitrogen and oxygen atoms in total. The third-order valence-corrected chi connectivity index (χ3v) is 4.56. The maximum absolute atomic E-state index is 11.9. The number of hydrogen-bond acceptors (Lipinski definition) is 9. The van der Waals surface area contributed by atoms with Crippen LogP contribution < -0.4 is 11.5 Å². The molecule has 0 amide bonds. The molecule has 1 fully saturated rings. The van der Waals surface area contributed by atoms with Crippen LogP contribution in [0, 0.1) is 12.3 Å². The molecule has 2 aromatic heterocycles. The summed E-state index contributed by atoms with van der Waals surface area (Å²) in [5.41, 5.74) is 10.5. The highest BCUT2D eigenvalue weighted by Crippen LogP contribution is 2.42. The van der Waals surface area contributed by atoms with Crippen LogP contribution in [0.25, 0.3) is 11.0 Å². The van der Waals surface area contributed by atoms with Crippen LogP contribution >= 0.6 is 0 Å². The zero-order chi connectivity index (χ0) is 19.9. The Labute approximate surface area is 155 Å². The van der Waals surface area contributed by atoms with E-state index >= 15 is 0 Å². The van der Waals surface area contributed by atoms with Gasteiger partial charge in [0.15, 0.2) is 12.3 Å². The highest BCUT2D eigenvalue weighted by Gasteiger charge is 2.56. The van der Waals surface area contributed by atoms with Crippen LogP contribution in [-0.4, -0.2) is 61.2 Å². The van der Waals surface area contributed by atoms with Gasteiger partial charge < -0.3 is 35.7 Å². The van der Waals surface area contributed by atoms with Crippen LogP contribution in [0.1, 0.15) is 25.6 Å². The lowest BCUT2D eigenvalue weighted by atomic mass is 9.96. The van der Waals surface area contributed by atoms with Gasteiger partial charge in [0, 0.05) is 6.20 Å². The average Bonchev–Trinajstić information content (AvgIpc) is 3.11. The monoisotopic (exact) mass is 375 g/mol. The first-order valence-corrected chi connectivity index (χ1v) is 8.24. The quantitative estimate of drug-likeness (QED) is 0.384. The van der Waals surface area contributed by atoms with Gasteiger partial charge in [-0.05, 0) is 13.8 Å². The number of anilines is 1. The number of terminal acetylenes is 1. The Morgan fingerprint density at radius 3 is 2.89 bits per heavy atom. The van der Waals surface area contributed by atoms with Crippen molar-refractivity contribution in [2.75, 3.05) is 12.3 Å². The Kier molecular flexibility index (Phi) is 4.79. The van der Waals surface area contributed by atoms with Gasteiger partial charge in [0.25, 0.3) is 0 Å². The van der Waals surface area contributed by atoms with Crippen molar-refractivity contribution < 1.29 is 24.5 Å². The summed E-state index contributed by atoms with van der Waals surface area (Å²) in [4.78, 5) is 20.0. The molecule has 10 heteroatoms. The number of nitrogen functional groups attached to an aromatic ring is 1. The van der Waals surface area contributed by atoms with Crippen molar-refractivity contribution in [2.24, 2.45) is 5.73 Å². The molecule has 5 atom stereocenters. The topological polar surface area (TPSA) is 159 Å². The molecule has 0 spiro atoms. The summed E-state index contributed by atoms with van der Waals surface area (Å²) in [5, 5.41) is 21.2. The first-order chi connectivity index (χ1) is 12.7. The van der Waals surface area contributed by atoms with Gasteiger partial charge in [0.05, 0.1) is 17.6 Å². The van der Waals surface area contributed by atoms with Crippen LogP contribution in [0.15, 0.2) is 12.5 Å². The van der Waals surface area contributed by atoms with Crippen molar-refractivity contribution in [3.8, 4) is 12.3 Å². The fourth-order valence-corrected chi connectivity index (χ4v) is 3.20. The number of nitrogens with two attached hydrogens (primary N) is 2. The second-order valence-electron chi connectivity index (χ2n) is 6.63. The van der Waals surface area contributed by atoms with E-state index in [4.69, 9.17) is 27.4 Å². The van der Waals surface area contributed by atoms with Crippen LogP contribution in [0.2, 0.25) is 0 Å². The lowest BCUT2D eigenvalue weighted by molar-refractivity contribution is -0.165. The Balaban J connectivity index is 2.08. The molecule has 0 saturated carbocycles. The molecule has 3 heterocycles. The number of carbonyl (C=O) groups is 1. The Morgan fingerprint density at radius 1 is 1.59 bits per heavy atom. The third kappa shape index (κ3) is 3.00. The van der Waals surface area contributed by atoms with Gasteiger partial charge in [0.1, 0.15) is 35.5 Å². The van der Waals surface area contributed by atoms with Crippen molar-refractivity contribution >= 4 is 22.8 Å². The highest BCUT2D eigenvalue weighted by atomic mass is 16.6. The van der Waals surface area contributed by atoms with Gasteiger partial charge in [-0.15, -0.1) is 6.42 Å². The lowest BCUT2D eigenvalue weighted by Gasteiger charge is -2.30. The molecule has 27 heavy (non-hydrogen) atoms. The minimum absolute atomic E-state index is 0.183. The van der Waals surface area contributed by atoms with E-state index in [1.807, 2.05) is 0 Å². The molecular weight excluding hydrogens is 354 g/mol. The van der Waals surface area contributed by atoms with Gasteiger partial charge in [-0.2, -0.15) is 0 Å². The van der Waals surface area contributed by atoms with Crippen molar-refractivity contribution in [3.05, 3.63) is 18.1 Å². The molecule has 0 bridgehead atoms. The number of rotatable bonds is 4. The van der Waals surface area contributed by atoms with Gasteiger partial charge in [-0.1, -0.05) is 5.92 Å². The van der Waals surface area contributed by atoms with Gasteiger partial charge in [-0.25, -0.2) is 9.97 Å². The molecule has 0 radical (unpaired) electrons. The molecule has 1 aliphatic rings. The van der Waals surface area contributed by atoms with Gasteiger partial charge in [0.2, 0.25) is 0 Å². The van der Waals surface area contributed by atoms with Crippen molar-refractivity contribution in [1.29, 1.82) is 0 Å². The summed E-state index contributed by atoms with van der Waals surface area (Å²) >= 11 is 0. The van der Waals surface area contributed by atoms with Gasteiger partial charge >= 0.3 is 5.97 Å². The molecular formula is C17H21N5O5. The largest absolute Gasteiger partial charge is 0.455 e. The first kappa shape index (κ1) is 19.1. The van der Waals surface area contributed by atoms with E-state index in [1.165, 1.54) is 24.7 Å². The van der Waals surface area contributed by atoms with Crippen LogP contribution in [0.5, 0.6) is 0 Å². The lowest BCUT2D eigenvalue weighted by Crippen LogP contribution is -2.48. The van der Waals surface area contributed by atoms with E-state index in [1.54, 1.807) is 6.20 Å². The molecule has 0 aliphatic carbocycles. The zero-order valence-electron chi connectivity index (χ0n) is 14.9. The number of esters is 1. The fraction of sp³-hybridized carbons (Fsp3) is 0.471. The molecule has 1 aliphatic heterocycles. The van der Waals surface area contributed by atoms with Gasteiger partial charge in [-0.3, -0.25) is 4.79 Å². The van der Waals surface area contributed by atoms with E-state index in [2.05, 4.69) is 15.9 Å². The molecule has 3 rings (SSSR count). The zero-order valence-corrected chi connectivity index (χ0v) is 14.9. The van der Waals surface area contributed by atoms with E-state index < -0.39 is 42.7 Å². The molecule has 144 valence electrons. The number of nitrogens with zero attached hydrogens (tertiary/aromatic N) is 3. The van der Waals surface area contributed by atoms with Crippen molar-refractivity contribution in [2.45, 2.75) is 43.9 Å². The third-order valence-electron chi connectivity index (χ3n) is 4.56. The smallest absolute Gasteiger partial charge is 0.323 e. The molecule has 1 saturated heterocycles. The number of aliphatic hydroxyl groups excluding tert-OH is 1. The Bertz CT molecular complexity index is 916. The summed E-state index contributed by atoms with van der Waals surface area (Å²) < 4.78 is 12.6. The van der Waals surface area contributed by atoms with Crippen molar-refractivity contribution in [1.82, 2.24) is 14.5 Å². The fourth-order valence-electron chi connectivity index (χ4n) is 3.20. The molecule has 1 unspecified atom stereocenters. The maximum Gasteiger partial charge on any atom is 0.323 e. The number of carbonyl (C=O) groups excluding carboxylic acids is 1. The normalized spacial score (nSPS) is 28.8. The summed E-state index contributed by atoms with van der Waals surface area (Å²) in [7, 11) is 0. The van der Waals surface area contributed by atoms with Crippen LogP contribution in [0.3, 0.4) is 0 Å². The number of hydrogen-bond donors (Lipinski definition) is 4. The summed E-state index contributed by atoms with van der Waals surface area (Å²) in [6.45, 7) is 2.40. The number of fused-ring (bicyclic) bond motifs is 1. The molecule has 2 aromatic rings. The maximum atomic E-state index is 11.9. The number of ether oxygens (including phenoxy) is 2. The second kappa shape index (κ2) is 6.79. The predicted octanol–water partition coefficient (Wildman–Crippen LogP) is -1.11. The van der Waals surface area contributed by atoms with Crippen molar-refractivity contribution in [3.63, 3.8) is 0 Å². The van der Waals surface area contributed by atoms with E-state index in [9.17, 15) is 15.0 Å². The second-order valence-corrected chi connectivity index (χ2v) is 6.63. The minimum Gasteiger partial charge on any atom is -0.455 e. The summed E-state index contributed by atoms with van der Waals surface area (Å²) in [6.07, 6.45) is 5.16. The van der Waals surface area contributed by atoms with E-state index in [0.29, 0.717) is 16.6 Å². The minimum atomic E-state index is -1.71. The predicted molar refractivity (Wildman–Crippen MR) is 95.0 cm³/mol. The van der Waals surface area contributed by atoms with E-state index in [-0.39, 0.29) is 5.82 Å². The summed E-state index contributed by atoms with van der Waals surface area (Å²) in [5.74, 6) is 1.95. The SMILES string of the molecule is C#Cc1cn([C@@H]2O[C@H](CO)[C@@H](OC(=O)C(C)N)[C@@]2(C)O)c2ncnc(N)c12. The average molecular weight is 375 g/mol. The number of aromatic nitrogens is 3. The molecule has 0 aromatic carbocycles. The highest BCUT2D eigenvalue weighted by molar-refractivity contribution is 5.92. The standard InChI is InChI=1S/C17H21N5O5/c1-4-9-5-22(14-11(9)13(19)20-7-21-14)16-17(3,25)12(10(6-23)26-16)27-15(24)8(2)18/h1,5,7-8,10,12,16,23,25H,6,18H2,2-3H3,(H2,19,20,21)/t8?,10-,12-,16-,17-/m1/s1. The Hall–Kier alpha value is -2.71. The Morgan fingerprint density at radius 2 is 2.30 bits per heavy atom. The molecule has 6 N–H and O–H groups in total. The van der Waals surface area contributed by atoms with Crippen LogP contribution in [0.4, 0.5) is 5.82 Å².